The van der Waals surface area contributed by atoms with Gasteiger partial charge in [0.25, 0.3) is 0 Å². The second-order valence-corrected chi connectivity index (χ2v) is 2.62. The fourth-order valence-electron chi connectivity index (χ4n) is 0.965. The zero-order valence-electron chi connectivity index (χ0n) is 7.23. The quantitative estimate of drug-likeness (QED) is 0.511. The number of benzene rings is 1. The largest absolute Gasteiger partial charge is 0.309 e. The Labute approximate surface area is 76.1 Å². The van der Waals surface area contributed by atoms with Gasteiger partial charge in [-0.05, 0) is 24.1 Å². The van der Waals surface area contributed by atoms with Crippen LogP contribution < -0.4 is 0 Å². The van der Waals surface area contributed by atoms with E-state index < -0.39 is 5.91 Å². The maximum atomic E-state index is 10.5. The van der Waals surface area contributed by atoms with Crippen molar-refractivity contribution in [2.75, 3.05) is 0 Å². The summed E-state index contributed by atoms with van der Waals surface area (Å²) >= 11 is 0. The smallest absolute Gasteiger partial charge is 0.264 e. The van der Waals surface area contributed by atoms with E-state index >= 15 is 0 Å². The molecule has 0 spiro atoms. The van der Waals surface area contributed by atoms with Crippen molar-refractivity contribution >= 4 is 12.0 Å². The SMILES string of the molecule is Cc1ccccc1/C=C\C(=O)N=O. The second-order valence-electron chi connectivity index (χ2n) is 2.62. The molecule has 13 heavy (non-hydrogen) atoms. The first-order valence-corrected chi connectivity index (χ1v) is 3.85. The molecule has 3 nitrogen and oxygen atoms in total. The lowest BCUT2D eigenvalue weighted by Gasteiger charge is -1.96. The third-order valence-corrected chi connectivity index (χ3v) is 1.68. The van der Waals surface area contributed by atoms with Gasteiger partial charge < -0.3 is 0 Å². The van der Waals surface area contributed by atoms with E-state index in [1.165, 1.54) is 0 Å². The van der Waals surface area contributed by atoms with E-state index in [2.05, 4.69) is 5.18 Å². The van der Waals surface area contributed by atoms with Crippen LogP contribution in [0, 0.1) is 11.8 Å². The number of carbonyl (C=O) groups excluding carboxylic acids is 1. The number of nitroso groups, excluding NO2 is 1. The van der Waals surface area contributed by atoms with Crippen molar-refractivity contribution < 1.29 is 4.79 Å². The average molecular weight is 175 g/mol. The molecule has 1 aromatic carbocycles. The predicted octanol–water partition coefficient (Wildman–Crippen LogP) is 2.30. The van der Waals surface area contributed by atoms with Crippen LogP contribution in [0.5, 0.6) is 0 Å². The summed E-state index contributed by atoms with van der Waals surface area (Å²) in [5.74, 6) is -0.761. The van der Waals surface area contributed by atoms with Gasteiger partial charge in [-0.25, -0.2) is 0 Å². The molecular weight excluding hydrogens is 166 g/mol. The Balaban J connectivity index is 2.85. The fraction of sp³-hybridized carbons (Fsp3) is 0.100. The van der Waals surface area contributed by atoms with Crippen LogP contribution in [0.2, 0.25) is 0 Å². The third kappa shape index (κ3) is 2.63. The zero-order chi connectivity index (χ0) is 9.68. The molecule has 0 heterocycles. The summed E-state index contributed by atoms with van der Waals surface area (Å²) in [5.41, 5.74) is 1.97. The van der Waals surface area contributed by atoms with E-state index in [9.17, 15) is 9.70 Å². The van der Waals surface area contributed by atoms with E-state index in [4.69, 9.17) is 0 Å². The van der Waals surface area contributed by atoms with Crippen molar-refractivity contribution in [3.05, 3.63) is 46.4 Å². The minimum absolute atomic E-state index is 0.761. The normalized spacial score (nSPS) is 10.2. The van der Waals surface area contributed by atoms with Crippen molar-refractivity contribution in [1.82, 2.24) is 0 Å². The second kappa shape index (κ2) is 4.30. The molecule has 0 fully saturated rings. The maximum absolute atomic E-state index is 10.5. The van der Waals surface area contributed by atoms with Gasteiger partial charge in [0, 0.05) is 11.3 Å². The van der Waals surface area contributed by atoms with Gasteiger partial charge in [-0.15, -0.1) is 4.91 Å². The van der Waals surface area contributed by atoms with Crippen LogP contribution in [0.25, 0.3) is 6.08 Å². The molecule has 0 atom stereocenters. The molecule has 0 unspecified atom stereocenters. The summed E-state index contributed by atoms with van der Waals surface area (Å²) in [6.07, 6.45) is 2.74. The number of aryl methyl sites for hydroxylation is 1. The highest BCUT2D eigenvalue weighted by molar-refractivity contribution is 5.92. The van der Waals surface area contributed by atoms with Gasteiger partial charge in [0.05, 0.1) is 0 Å². The molecular formula is C10H9NO2. The average Bonchev–Trinajstić information content (AvgIpc) is 2.16. The number of nitrogens with zero attached hydrogens (tertiary/aromatic N) is 1. The minimum Gasteiger partial charge on any atom is -0.264 e. The van der Waals surface area contributed by atoms with Gasteiger partial charge >= 0.3 is 5.91 Å². The van der Waals surface area contributed by atoms with Crippen LogP contribution in [0.4, 0.5) is 0 Å². The van der Waals surface area contributed by atoms with E-state index in [0.717, 1.165) is 17.2 Å². The molecule has 0 radical (unpaired) electrons. The van der Waals surface area contributed by atoms with Gasteiger partial charge in [-0.3, -0.25) is 4.79 Å². The van der Waals surface area contributed by atoms with Crippen molar-refractivity contribution in [2.45, 2.75) is 6.92 Å². The number of amides is 1. The maximum Gasteiger partial charge on any atom is 0.309 e. The lowest BCUT2D eigenvalue weighted by molar-refractivity contribution is -0.113. The molecule has 0 saturated heterocycles. The Morgan fingerprint density at radius 2 is 2.08 bits per heavy atom. The Morgan fingerprint density at radius 1 is 1.38 bits per heavy atom. The molecule has 1 rings (SSSR count). The highest BCUT2D eigenvalue weighted by Gasteiger charge is 1.94. The topological polar surface area (TPSA) is 46.5 Å². The summed E-state index contributed by atoms with van der Waals surface area (Å²) in [7, 11) is 0. The Morgan fingerprint density at radius 3 is 2.69 bits per heavy atom. The van der Waals surface area contributed by atoms with Crippen molar-refractivity contribution in [1.29, 1.82) is 0 Å². The molecule has 3 heteroatoms. The van der Waals surface area contributed by atoms with Gasteiger partial charge in [0.15, 0.2) is 0 Å². The highest BCUT2D eigenvalue weighted by atomic mass is 16.3. The first-order chi connectivity index (χ1) is 6.24. The number of hydrogen-bond acceptors (Lipinski definition) is 2. The number of hydrogen-bond donors (Lipinski definition) is 0. The molecule has 0 aliphatic heterocycles. The standard InChI is InChI=1S/C10H9NO2/c1-8-4-2-3-5-9(8)6-7-10(12)11-13/h2-7H,1H3/b7-6-. The minimum atomic E-state index is -0.761. The molecule has 0 saturated carbocycles. The molecule has 0 aromatic heterocycles. The first-order valence-electron chi connectivity index (χ1n) is 3.85. The Kier molecular flexibility index (Phi) is 3.09. The summed E-state index contributed by atoms with van der Waals surface area (Å²) in [6.45, 7) is 1.93. The van der Waals surface area contributed by atoms with Gasteiger partial charge in [-0.2, -0.15) is 0 Å². The van der Waals surface area contributed by atoms with Crippen LogP contribution >= 0.6 is 0 Å². The molecule has 66 valence electrons. The molecule has 0 N–H and O–H groups in total. The third-order valence-electron chi connectivity index (χ3n) is 1.68. The highest BCUT2D eigenvalue weighted by Crippen LogP contribution is 2.08. The number of carbonyl (C=O) groups is 1. The van der Waals surface area contributed by atoms with E-state index in [-0.39, 0.29) is 0 Å². The summed E-state index contributed by atoms with van der Waals surface area (Å²) < 4.78 is 0. The van der Waals surface area contributed by atoms with E-state index in [1.807, 2.05) is 31.2 Å². The molecule has 0 aliphatic carbocycles. The Hall–Kier alpha value is -1.77. The van der Waals surface area contributed by atoms with Crippen molar-refractivity contribution in [3.8, 4) is 0 Å². The zero-order valence-corrected chi connectivity index (χ0v) is 7.23. The molecule has 1 aromatic rings. The summed E-state index contributed by atoms with van der Waals surface area (Å²) in [6, 6.07) is 7.57. The van der Waals surface area contributed by atoms with Crippen molar-refractivity contribution in [2.24, 2.45) is 5.18 Å². The van der Waals surface area contributed by atoms with Crippen LogP contribution in [0.1, 0.15) is 11.1 Å². The van der Waals surface area contributed by atoms with E-state index in [0.29, 0.717) is 0 Å². The van der Waals surface area contributed by atoms with E-state index in [1.54, 1.807) is 6.08 Å². The van der Waals surface area contributed by atoms with Crippen LogP contribution in [-0.2, 0) is 4.79 Å². The lowest BCUT2D eigenvalue weighted by Crippen LogP contribution is -1.84. The summed E-state index contributed by atoms with van der Waals surface area (Å²) in [4.78, 5) is 20.3. The molecule has 1 amide bonds. The predicted molar refractivity (Wildman–Crippen MR) is 51.0 cm³/mol. The first kappa shape index (κ1) is 9.32. The monoisotopic (exact) mass is 175 g/mol. The van der Waals surface area contributed by atoms with Gasteiger partial charge in [-0.1, -0.05) is 24.3 Å². The fourth-order valence-corrected chi connectivity index (χ4v) is 0.965. The molecule has 0 aliphatic rings. The van der Waals surface area contributed by atoms with Crippen molar-refractivity contribution in [3.63, 3.8) is 0 Å². The van der Waals surface area contributed by atoms with Crippen LogP contribution in [-0.4, -0.2) is 5.91 Å². The van der Waals surface area contributed by atoms with Gasteiger partial charge in [0.2, 0.25) is 0 Å². The Bertz CT molecular complexity index is 356. The lowest BCUT2D eigenvalue weighted by atomic mass is 10.1. The van der Waals surface area contributed by atoms with Crippen LogP contribution in [0.3, 0.4) is 0 Å². The number of rotatable bonds is 2. The molecule has 0 bridgehead atoms. The van der Waals surface area contributed by atoms with Gasteiger partial charge in [0.1, 0.15) is 0 Å². The summed E-state index contributed by atoms with van der Waals surface area (Å²) in [5, 5.41) is 2.26. The van der Waals surface area contributed by atoms with Crippen LogP contribution in [0.15, 0.2) is 35.5 Å².